The number of hydrogen-bond donors (Lipinski definition) is 1. The van der Waals surface area contributed by atoms with Crippen LogP contribution in [0.4, 0.5) is 0 Å². The average Bonchev–Trinajstić information content (AvgIpc) is 2.80. The van der Waals surface area contributed by atoms with Crippen LogP contribution in [0.3, 0.4) is 0 Å². The lowest BCUT2D eigenvalue weighted by Gasteiger charge is -2.25. The fourth-order valence-corrected chi connectivity index (χ4v) is 3.55. The van der Waals surface area contributed by atoms with E-state index in [1.165, 1.54) is 75.3 Å². The van der Waals surface area contributed by atoms with Crippen LogP contribution in [0.25, 0.3) is 0 Å². The van der Waals surface area contributed by atoms with Crippen LogP contribution in [-0.2, 0) is 12.0 Å². The molecule has 1 aromatic carbocycles. The van der Waals surface area contributed by atoms with Gasteiger partial charge in [0.2, 0.25) is 0 Å². The Balaban J connectivity index is 1.65. The van der Waals surface area contributed by atoms with Gasteiger partial charge in [0.05, 0.1) is 0 Å². The van der Waals surface area contributed by atoms with Crippen molar-refractivity contribution in [1.29, 1.82) is 0 Å². The van der Waals surface area contributed by atoms with E-state index >= 15 is 0 Å². The second-order valence-corrected chi connectivity index (χ2v) is 6.54. The molecule has 112 valence electrons. The number of benzene rings is 1. The summed E-state index contributed by atoms with van der Waals surface area (Å²) in [5.74, 6) is 0. The summed E-state index contributed by atoms with van der Waals surface area (Å²) < 4.78 is 0. The van der Waals surface area contributed by atoms with Crippen molar-refractivity contribution in [3.63, 3.8) is 0 Å². The number of nitrogens with two attached hydrogens (primary N) is 1. The maximum atomic E-state index is 6.65. The normalized spacial score (nSPS) is 21.1. The third-order valence-electron chi connectivity index (χ3n) is 4.87. The van der Waals surface area contributed by atoms with Gasteiger partial charge in [-0.3, -0.25) is 0 Å². The molecule has 1 unspecified atom stereocenters. The highest BCUT2D eigenvalue weighted by Crippen LogP contribution is 2.38. The molecule has 0 saturated carbocycles. The number of fused-ring (bicyclic) bond motifs is 1. The molecule has 0 radical (unpaired) electrons. The second kappa shape index (κ2) is 7.83. The molecule has 2 rings (SSSR count). The number of rotatable bonds is 9. The fourth-order valence-electron chi connectivity index (χ4n) is 3.55. The van der Waals surface area contributed by atoms with Crippen molar-refractivity contribution >= 4 is 0 Å². The summed E-state index contributed by atoms with van der Waals surface area (Å²) in [6.07, 6.45) is 14.5. The molecule has 0 fully saturated rings. The van der Waals surface area contributed by atoms with E-state index in [4.69, 9.17) is 5.73 Å². The van der Waals surface area contributed by atoms with E-state index in [1.807, 2.05) is 0 Å². The van der Waals surface area contributed by atoms with E-state index < -0.39 is 0 Å². The minimum Gasteiger partial charge on any atom is -0.321 e. The summed E-state index contributed by atoms with van der Waals surface area (Å²) in [5.41, 5.74) is 9.52. The summed E-state index contributed by atoms with van der Waals surface area (Å²) in [4.78, 5) is 0. The predicted octanol–water partition coefficient (Wildman–Crippen LogP) is 5.32. The summed E-state index contributed by atoms with van der Waals surface area (Å²) >= 11 is 0. The fraction of sp³-hybridized carbons (Fsp3) is 0.684. The van der Waals surface area contributed by atoms with Crippen molar-refractivity contribution in [3.8, 4) is 0 Å². The monoisotopic (exact) mass is 273 g/mol. The smallest absolute Gasteiger partial charge is 0.0415 e. The Hall–Kier alpha value is -0.820. The van der Waals surface area contributed by atoms with Crippen molar-refractivity contribution in [1.82, 2.24) is 0 Å². The van der Waals surface area contributed by atoms with E-state index in [2.05, 4.69) is 31.2 Å². The Morgan fingerprint density at radius 3 is 2.35 bits per heavy atom. The third-order valence-corrected chi connectivity index (χ3v) is 4.87. The highest BCUT2D eigenvalue weighted by Gasteiger charge is 2.33. The van der Waals surface area contributed by atoms with Crippen molar-refractivity contribution < 1.29 is 0 Å². The molecule has 0 aromatic heterocycles. The lowest BCUT2D eigenvalue weighted by molar-refractivity contribution is 0.383. The van der Waals surface area contributed by atoms with Crippen LogP contribution in [0.1, 0.15) is 82.3 Å². The zero-order chi connectivity index (χ0) is 14.3. The molecule has 0 amide bonds. The minimum atomic E-state index is -0.0290. The van der Waals surface area contributed by atoms with E-state index in [1.54, 1.807) is 0 Å². The molecule has 1 atom stereocenters. The third kappa shape index (κ3) is 4.09. The Morgan fingerprint density at radius 1 is 0.950 bits per heavy atom. The van der Waals surface area contributed by atoms with Crippen LogP contribution in [0, 0.1) is 0 Å². The topological polar surface area (TPSA) is 26.0 Å². The van der Waals surface area contributed by atoms with Crippen molar-refractivity contribution in [2.24, 2.45) is 5.73 Å². The summed E-state index contributed by atoms with van der Waals surface area (Å²) in [7, 11) is 0. The highest BCUT2D eigenvalue weighted by molar-refractivity contribution is 5.38. The van der Waals surface area contributed by atoms with E-state index in [0.717, 1.165) is 6.42 Å². The van der Waals surface area contributed by atoms with Gasteiger partial charge in [-0.25, -0.2) is 0 Å². The maximum absolute atomic E-state index is 6.65. The first-order valence-corrected chi connectivity index (χ1v) is 8.63. The Labute approximate surface area is 125 Å². The van der Waals surface area contributed by atoms with Gasteiger partial charge in [0.25, 0.3) is 0 Å². The summed E-state index contributed by atoms with van der Waals surface area (Å²) in [6.45, 7) is 2.28. The van der Waals surface area contributed by atoms with Gasteiger partial charge >= 0.3 is 0 Å². The molecule has 0 aliphatic heterocycles. The van der Waals surface area contributed by atoms with Gasteiger partial charge in [-0.15, -0.1) is 0 Å². The molecule has 1 aliphatic rings. The van der Waals surface area contributed by atoms with E-state index in [0.29, 0.717) is 0 Å². The highest BCUT2D eigenvalue weighted by atomic mass is 14.8. The van der Waals surface area contributed by atoms with Gasteiger partial charge in [-0.05, 0) is 30.4 Å². The lowest BCUT2D eigenvalue weighted by atomic mass is 9.87. The molecular formula is C19H31N. The minimum absolute atomic E-state index is 0.0290. The largest absolute Gasteiger partial charge is 0.321 e. The van der Waals surface area contributed by atoms with Crippen LogP contribution in [0.15, 0.2) is 24.3 Å². The zero-order valence-electron chi connectivity index (χ0n) is 13.2. The molecule has 0 saturated heterocycles. The number of hydrogen-bond acceptors (Lipinski definition) is 1. The molecule has 1 aromatic rings. The SMILES string of the molecule is CCCCCCCCCCC1(N)CCc2ccccc21. The standard InChI is InChI=1S/C19H31N/c1-2-3-4-5-6-7-8-11-15-19(20)16-14-17-12-9-10-13-18(17)19/h9-10,12-13H,2-8,11,14-16,20H2,1H3. The Kier molecular flexibility index (Phi) is 6.09. The number of aryl methyl sites for hydroxylation is 1. The van der Waals surface area contributed by atoms with Crippen LogP contribution < -0.4 is 5.73 Å². The van der Waals surface area contributed by atoms with Crippen LogP contribution in [-0.4, -0.2) is 0 Å². The predicted molar refractivity (Wildman–Crippen MR) is 87.9 cm³/mol. The molecule has 20 heavy (non-hydrogen) atoms. The summed E-state index contributed by atoms with van der Waals surface area (Å²) in [6, 6.07) is 8.77. The van der Waals surface area contributed by atoms with Crippen molar-refractivity contribution in [2.75, 3.05) is 0 Å². The van der Waals surface area contributed by atoms with E-state index in [9.17, 15) is 0 Å². The summed E-state index contributed by atoms with van der Waals surface area (Å²) in [5, 5.41) is 0. The average molecular weight is 273 g/mol. The van der Waals surface area contributed by atoms with Crippen molar-refractivity contribution in [2.45, 2.75) is 83.1 Å². The molecule has 1 heteroatoms. The lowest BCUT2D eigenvalue weighted by Crippen LogP contribution is -2.33. The van der Waals surface area contributed by atoms with Crippen molar-refractivity contribution in [3.05, 3.63) is 35.4 Å². The van der Waals surface area contributed by atoms with Gasteiger partial charge in [-0.1, -0.05) is 82.6 Å². The van der Waals surface area contributed by atoms with Gasteiger partial charge in [-0.2, -0.15) is 0 Å². The quantitative estimate of drug-likeness (QED) is 0.606. The molecule has 0 heterocycles. The molecule has 0 bridgehead atoms. The molecule has 1 nitrogen and oxygen atoms in total. The zero-order valence-corrected chi connectivity index (χ0v) is 13.2. The Bertz CT molecular complexity index is 399. The molecule has 1 aliphatic carbocycles. The van der Waals surface area contributed by atoms with Crippen LogP contribution in [0.2, 0.25) is 0 Å². The first-order valence-electron chi connectivity index (χ1n) is 8.63. The molecule has 2 N–H and O–H groups in total. The van der Waals surface area contributed by atoms with Gasteiger partial charge in [0.15, 0.2) is 0 Å². The Morgan fingerprint density at radius 2 is 1.60 bits per heavy atom. The first-order chi connectivity index (χ1) is 9.76. The van der Waals surface area contributed by atoms with Crippen LogP contribution >= 0.6 is 0 Å². The van der Waals surface area contributed by atoms with Crippen LogP contribution in [0.5, 0.6) is 0 Å². The molecule has 0 spiro atoms. The second-order valence-electron chi connectivity index (χ2n) is 6.54. The first kappa shape index (κ1) is 15.6. The van der Waals surface area contributed by atoms with E-state index in [-0.39, 0.29) is 5.54 Å². The van der Waals surface area contributed by atoms with Gasteiger partial charge < -0.3 is 5.73 Å². The van der Waals surface area contributed by atoms with Gasteiger partial charge in [0, 0.05) is 5.54 Å². The maximum Gasteiger partial charge on any atom is 0.0415 e. The number of unbranched alkanes of at least 4 members (excludes halogenated alkanes) is 7. The molecular weight excluding hydrogens is 242 g/mol. The van der Waals surface area contributed by atoms with Gasteiger partial charge in [0.1, 0.15) is 0 Å².